The van der Waals surface area contributed by atoms with Gasteiger partial charge in [-0.3, -0.25) is 0 Å². The standard InChI is InChI=1S/C27H28O5/c1-17(28)27(30,25-24(29)16-31-26(32-25)18-9-3-2-4-10-18)15-23-21-13-7-5-11-19(21)20-12-6-8-14-22(20)23/h2-14,17,23-26,28-30H,15-16H2,1H3/t17?,24-,25-,26?,27-/m1/s1. The molecule has 2 aliphatic rings. The number of aliphatic hydroxyl groups excluding tert-OH is 2. The van der Waals surface area contributed by atoms with E-state index in [4.69, 9.17) is 9.47 Å². The van der Waals surface area contributed by atoms with Gasteiger partial charge < -0.3 is 24.8 Å². The van der Waals surface area contributed by atoms with Gasteiger partial charge in [0.05, 0.1) is 12.7 Å². The summed E-state index contributed by atoms with van der Waals surface area (Å²) < 4.78 is 11.8. The van der Waals surface area contributed by atoms with E-state index in [0.717, 1.165) is 27.8 Å². The molecule has 0 bridgehead atoms. The van der Waals surface area contributed by atoms with Crippen LogP contribution in [0, 0.1) is 0 Å². The minimum Gasteiger partial charge on any atom is -0.390 e. The zero-order valence-corrected chi connectivity index (χ0v) is 18.0. The van der Waals surface area contributed by atoms with E-state index in [0.29, 0.717) is 0 Å². The molecule has 1 aliphatic heterocycles. The van der Waals surface area contributed by atoms with Crippen molar-refractivity contribution in [1.82, 2.24) is 0 Å². The third-order valence-electron chi connectivity index (χ3n) is 6.82. The van der Waals surface area contributed by atoms with Crippen molar-refractivity contribution in [2.45, 2.75) is 49.5 Å². The molecular weight excluding hydrogens is 404 g/mol. The maximum Gasteiger partial charge on any atom is 0.184 e. The van der Waals surface area contributed by atoms with Crippen molar-refractivity contribution >= 4 is 0 Å². The van der Waals surface area contributed by atoms with Crippen molar-refractivity contribution in [3.63, 3.8) is 0 Å². The molecule has 5 nitrogen and oxygen atoms in total. The summed E-state index contributed by atoms with van der Waals surface area (Å²) in [5.41, 5.74) is 3.59. The molecule has 0 radical (unpaired) electrons. The number of hydrogen-bond donors (Lipinski definition) is 3. The highest BCUT2D eigenvalue weighted by molar-refractivity contribution is 5.78. The third kappa shape index (κ3) is 3.56. The van der Waals surface area contributed by atoms with Gasteiger partial charge in [0.2, 0.25) is 0 Å². The average Bonchev–Trinajstić information content (AvgIpc) is 3.13. The molecule has 32 heavy (non-hydrogen) atoms. The first kappa shape index (κ1) is 21.3. The third-order valence-corrected chi connectivity index (χ3v) is 6.82. The highest BCUT2D eigenvalue weighted by atomic mass is 16.7. The molecular formula is C27H28O5. The van der Waals surface area contributed by atoms with Crippen LogP contribution >= 0.6 is 0 Å². The Balaban J connectivity index is 1.50. The molecule has 0 saturated carbocycles. The average molecular weight is 433 g/mol. The minimum atomic E-state index is -1.69. The van der Waals surface area contributed by atoms with Crippen LogP contribution in [-0.2, 0) is 9.47 Å². The van der Waals surface area contributed by atoms with Crippen molar-refractivity contribution < 1.29 is 24.8 Å². The van der Waals surface area contributed by atoms with Gasteiger partial charge in [-0.25, -0.2) is 0 Å². The molecule has 1 saturated heterocycles. The minimum absolute atomic E-state index is 0.0110. The van der Waals surface area contributed by atoms with Crippen molar-refractivity contribution in [2.24, 2.45) is 0 Å². The molecule has 3 N–H and O–H groups in total. The van der Waals surface area contributed by atoms with Crippen LogP contribution in [0.1, 0.15) is 42.2 Å². The Morgan fingerprint density at radius 1 is 0.906 bits per heavy atom. The summed E-state index contributed by atoms with van der Waals surface area (Å²) in [7, 11) is 0. The molecule has 1 aliphatic carbocycles. The lowest BCUT2D eigenvalue weighted by molar-refractivity contribution is -0.308. The quantitative estimate of drug-likeness (QED) is 0.572. The molecule has 166 valence electrons. The summed E-state index contributed by atoms with van der Waals surface area (Å²) in [5.74, 6) is -0.129. The molecule has 0 spiro atoms. The summed E-state index contributed by atoms with van der Waals surface area (Å²) in [6, 6.07) is 25.7. The number of benzene rings is 3. The number of aliphatic hydroxyl groups is 3. The fourth-order valence-corrected chi connectivity index (χ4v) is 5.10. The van der Waals surface area contributed by atoms with E-state index in [9.17, 15) is 15.3 Å². The van der Waals surface area contributed by atoms with E-state index in [1.54, 1.807) is 6.92 Å². The van der Waals surface area contributed by atoms with Gasteiger partial charge in [0.1, 0.15) is 17.8 Å². The van der Waals surface area contributed by atoms with Gasteiger partial charge in [0.15, 0.2) is 6.29 Å². The highest BCUT2D eigenvalue weighted by Crippen LogP contribution is 2.49. The zero-order valence-electron chi connectivity index (χ0n) is 18.0. The molecule has 3 aromatic rings. The van der Waals surface area contributed by atoms with E-state index in [2.05, 4.69) is 24.3 Å². The highest BCUT2D eigenvalue weighted by Gasteiger charge is 2.51. The fourth-order valence-electron chi connectivity index (χ4n) is 5.10. The molecule has 5 rings (SSSR count). The second-order valence-electron chi connectivity index (χ2n) is 8.80. The van der Waals surface area contributed by atoms with Gasteiger partial charge in [0, 0.05) is 11.5 Å². The largest absolute Gasteiger partial charge is 0.390 e. The Hall–Kier alpha value is -2.54. The predicted molar refractivity (Wildman–Crippen MR) is 121 cm³/mol. The molecule has 5 heteroatoms. The van der Waals surface area contributed by atoms with Crippen molar-refractivity contribution in [2.75, 3.05) is 6.61 Å². The van der Waals surface area contributed by atoms with E-state index < -0.39 is 30.2 Å². The van der Waals surface area contributed by atoms with Crippen LogP contribution in [-0.4, -0.2) is 45.8 Å². The van der Waals surface area contributed by atoms with Gasteiger partial charge >= 0.3 is 0 Å². The smallest absolute Gasteiger partial charge is 0.184 e. The van der Waals surface area contributed by atoms with Crippen LogP contribution in [0.4, 0.5) is 0 Å². The van der Waals surface area contributed by atoms with Crippen LogP contribution in [0.25, 0.3) is 11.1 Å². The Morgan fingerprint density at radius 2 is 1.47 bits per heavy atom. The second-order valence-corrected chi connectivity index (χ2v) is 8.80. The molecule has 0 aromatic heterocycles. The monoisotopic (exact) mass is 432 g/mol. The molecule has 1 fully saturated rings. The van der Waals surface area contributed by atoms with Gasteiger partial charge in [-0.05, 0) is 35.6 Å². The number of ether oxygens (including phenoxy) is 2. The van der Waals surface area contributed by atoms with Crippen LogP contribution in [0.3, 0.4) is 0 Å². The van der Waals surface area contributed by atoms with E-state index >= 15 is 0 Å². The normalized spacial score (nSPS) is 25.6. The maximum atomic E-state index is 11.9. The second kappa shape index (κ2) is 8.43. The summed E-state index contributed by atoms with van der Waals surface area (Å²) in [6.45, 7) is 1.56. The predicted octanol–water partition coefficient (Wildman–Crippen LogP) is 3.78. The fraction of sp³-hybridized carbons (Fsp3) is 0.333. The lowest BCUT2D eigenvalue weighted by atomic mass is 9.76. The summed E-state index contributed by atoms with van der Waals surface area (Å²) in [5, 5.41) is 33.4. The molecule has 5 atom stereocenters. The maximum absolute atomic E-state index is 11.9. The first-order chi connectivity index (χ1) is 15.5. The van der Waals surface area contributed by atoms with Crippen molar-refractivity contribution in [3.8, 4) is 11.1 Å². The first-order valence-electron chi connectivity index (χ1n) is 11.1. The first-order valence-corrected chi connectivity index (χ1v) is 11.1. The van der Waals surface area contributed by atoms with Crippen LogP contribution in [0.15, 0.2) is 78.9 Å². The molecule has 2 unspecified atom stereocenters. The Labute approximate surface area is 187 Å². The van der Waals surface area contributed by atoms with E-state index in [-0.39, 0.29) is 18.9 Å². The Kier molecular flexibility index (Phi) is 5.61. The van der Waals surface area contributed by atoms with E-state index in [1.807, 2.05) is 54.6 Å². The topological polar surface area (TPSA) is 79.2 Å². The van der Waals surface area contributed by atoms with Gasteiger partial charge in [-0.1, -0.05) is 78.9 Å². The van der Waals surface area contributed by atoms with Crippen molar-refractivity contribution in [3.05, 3.63) is 95.6 Å². The van der Waals surface area contributed by atoms with E-state index in [1.165, 1.54) is 0 Å². The van der Waals surface area contributed by atoms with Crippen molar-refractivity contribution in [1.29, 1.82) is 0 Å². The number of rotatable bonds is 5. The summed E-state index contributed by atoms with van der Waals surface area (Å²) in [6.07, 6.45) is -3.72. The summed E-state index contributed by atoms with van der Waals surface area (Å²) >= 11 is 0. The van der Waals surface area contributed by atoms with Gasteiger partial charge in [-0.2, -0.15) is 0 Å². The lowest BCUT2D eigenvalue weighted by Gasteiger charge is -2.46. The Bertz CT molecular complexity index is 1040. The number of hydrogen-bond acceptors (Lipinski definition) is 5. The van der Waals surface area contributed by atoms with Crippen LogP contribution in [0.2, 0.25) is 0 Å². The molecule has 1 heterocycles. The number of fused-ring (bicyclic) bond motifs is 3. The molecule has 3 aromatic carbocycles. The lowest BCUT2D eigenvalue weighted by Crippen LogP contribution is -2.60. The Morgan fingerprint density at radius 3 is 2.06 bits per heavy atom. The van der Waals surface area contributed by atoms with Gasteiger partial charge in [0.25, 0.3) is 0 Å². The SMILES string of the molecule is CC(O)[C@](O)(CC1c2ccccc2-c2ccccc21)[C@@H]1OC(c2ccccc2)OC[C@H]1O. The van der Waals surface area contributed by atoms with Crippen LogP contribution < -0.4 is 0 Å². The van der Waals surface area contributed by atoms with Gasteiger partial charge in [-0.15, -0.1) is 0 Å². The van der Waals surface area contributed by atoms with Crippen LogP contribution in [0.5, 0.6) is 0 Å². The summed E-state index contributed by atoms with van der Waals surface area (Å²) in [4.78, 5) is 0. The zero-order chi connectivity index (χ0) is 22.3. The molecule has 0 amide bonds.